The average molecular weight is 379 g/mol. The molecule has 0 atom stereocenters. The molecule has 1 aromatic carbocycles. The predicted molar refractivity (Wildman–Crippen MR) is 105 cm³/mol. The molecular weight excluding hydrogens is 357 g/mol. The van der Waals surface area contributed by atoms with Crippen molar-refractivity contribution in [3.05, 3.63) is 54.2 Å². The summed E-state index contributed by atoms with van der Waals surface area (Å²) in [5.74, 6) is 0.684. The van der Waals surface area contributed by atoms with E-state index in [0.29, 0.717) is 12.1 Å². The molecule has 1 N–H and O–H groups in total. The van der Waals surface area contributed by atoms with Gasteiger partial charge < -0.3 is 9.88 Å². The van der Waals surface area contributed by atoms with Gasteiger partial charge in [-0.2, -0.15) is 0 Å². The van der Waals surface area contributed by atoms with Crippen molar-refractivity contribution in [2.24, 2.45) is 5.41 Å². The van der Waals surface area contributed by atoms with Crippen molar-refractivity contribution in [2.45, 2.75) is 12.8 Å². The summed E-state index contributed by atoms with van der Waals surface area (Å²) in [6.45, 7) is 3.84. The van der Waals surface area contributed by atoms with Gasteiger partial charge in [0.15, 0.2) is 5.78 Å². The average Bonchev–Trinajstić information content (AvgIpc) is 3.32. The van der Waals surface area contributed by atoms with E-state index in [9.17, 15) is 9.18 Å². The van der Waals surface area contributed by atoms with Crippen molar-refractivity contribution >= 4 is 22.6 Å². The highest BCUT2D eigenvalue weighted by Gasteiger charge is 2.47. The number of aromatic amines is 1. The number of halogens is 1. The molecule has 1 saturated heterocycles. The van der Waals surface area contributed by atoms with Crippen molar-refractivity contribution in [3.8, 4) is 0 Å². The number of nitrogens with one attached hydrogen (secondary N) is 1. The van der Waals surface area contributed by atoms with E-state index in [1.54, 1.807) is 18.5 Å². The van der Waals surface area contributed by atoms with Crippen LogP contribution in [0, 0.1) is 11.2 Å². The Kier molecular flexibility index (Phi) is 4.12. The minimum atomic E-state index is -0.320. The maximum Gasteiger partial charge on any atom is 0.176 e. The Hall–Kier alpha value is -2.80. The van der Waals surface area contributed by atoms with E-state index in [-0.39, 0.29) is 17.0 Å². The number of H-pyrrole nitrogens is 1. The largest absolute Gasteiger partial charge is 0.354 e. The summed E-state index contributed by atoms with van der Waals surface area (Å²) < 4.78 is 13.1. The van der Waals surface area contributed by atoms with Crippen LogP contribution in [-0.4, -0.2) is 58.4 Å². The SMILES string of the molecule is O=C(CN1CCN(c2ncnc3[nH]ccc23)CC2(CC2)C1)c1ccc(F)cc1. The lowest BCUT2D eigenvalue weighted by molar-refractivity contribution is 0.0924. The Balaban J connectivity index is 1.34. The van der Waals surface area contributed by atoms with Gasteiger partial charge in [-0.15, -0.1) is 0 Å². The molecule has 5 rings (SSSR count). The Bertz CT molecular complexity index is 1010. The molecule has 144 valence electrons. The van der Waals surface area contributed by atoms with Gasteiger partial charge in [0.25, 0.3) is 0 Å². The zero-order chi connectivity index (χ0) is 19.1. The second-order valence-electron chi connectivity index (χ2n) is 8.00. The van der Waals surface area contributed by atoms with Crippen LogP contribution >= 0.6 is 0 Å². The van der Waals surface area contributed by atoms with Gasteiger partial charge >= 0.3 is 0 Å². The third-order valence-corrected chi connectivity index (χ3v) is 5.89. The normalized spacial score (nSPS) is 19.1. The van der Waals surface area contributed by atoms with Crippen LogP contribution in [-0.2, 0) is 0 Å². The molecule has 0 amide bonds. The van der Waals surface area contributed by atoms with E-state index in [2.05, 4.69) is 24.8 Å². The molecular formula is C21H22FN5O. The van der Waals surface area contributed by atoms with Crippen molar-refractivity contribution in [1.82, 2.24) is 19.9 Å². The van der Waals surface area contributed by atoms with E-state index in [1.165, 1.54) is 25.0 Å². The summed E-state index contributed by atoms with van der Waals surface area (Å²) in [6.07, 6.45) is 5.84. The Morgan fingerprint density at radius 3 is 2.71 bits per heavy atom. The number of carbonyl (C=O) groups is 1. The molecule has 0 unspecified atom stereocenters. The Labute approximate surface area is 162 Å². The molecule has 0 bridgehead atoms. The van der Waals surface area contributed by atoms with Crippen LogP contribution in [0.2, 0.25) is 0 Å². The minimum Gasteiger partial charge on any atom is -0.354 e. The smallest absolute Gasteiger partial charge is 0.176 e. The summed E-state index contributed by atoms with van der Waals surface area (Å²) in [6, 6.07) is 7.84. The van der Waals surface area contributed by atoms with Crippen LogP contribution in [0.15, 0.2) is 42.9 Å². The fraction of sp³-hybridized carbons (Fsp3) is 0.381. The maximum absolute atomic E-state index is 13.1. The third kappa shape index (κ3) is 3.26. The zero-order valence-corrected chi connectivity index (χ0v) is 15.6. The number of hydrogen-bond donors (Lipinski definition) is 1. The number of nitrogens with zero attached hydrogens (tertiary/aromatic N) is 4. The number of hydrogen-bond acceptors (Lipinski definition) is 5. The first-order chi connectivity index (χ1) is 13.6. The van der Waals surface area contributed by atoms with Gasteiger partial charge in [0.1, 0.15) is 23.6 Å². The van der Waals surface area contributed by atoms with Gasteiger partial charge in [-0.25, -0.2) is 14.4 Å². The monoisotopic (exact) mass is 379 g/mol. The van der Waals surface area contributed by atoms with Gasteiger partial charge in [-0.3, -0.25) is 9.69 Å². The van der Waals surface area contributed by atoms with Gasteiger partial charge in [-0.05, 0) is 43.2 Å². The van der Waals surface area contributed by atoms with Crippen molar-refractivity contribution in [2.75, 3.05) is 37.6 Å². The van der Waals surface area contributed by atoms with Gasteiger partial charge in [0.2, 0.25) is 0 Å². The first kappa shape index (κ1) is 17.3. The summed E-state index contributed by atoms with van der Waals surface area (Å²) in [5, 5.41) is 1.04. The van der Waals surface area contributed by atoms with E-state index in [4.69, 9.17) is 0 Å². The predicted octanol–water partition coefficient (Wildman–Crippen LogP) is 2.88. The fourth-order valence-electron chi connectivity index (χ4n) is 4.20. The van der Waals surface area contributed by atoms with Crippen LogP contribution < -0.4 is 4.90 Å². The van der Waals surface area contributed by atoms with Crippen molar-refractivity contribution < 1.29 is 9.18 Å². The first-order valence-electron chi connectivity index (χ1n) is 9.66. The van der Waals surface area contributed by atoms with Crippen LogP contribution in [0.3, 0.4) is 0 Å². The number of anilines is 1. The molecule has 1 aliphatic heterocycles. The molecule has 2 aliphatic rings. The lowest BCUT2D eigenvalue weighted by atomic mass is 10.1. The third-order valence-electron chi connectivity index (χ3n) is 5.89. The molecule has 7 heteroatoms. The summed E-state index contributed by atoms with van der Waals surface area (Å²) >= 11 is 0. The van der Waals surface area contributed by atoms with E-state index < -0.39 is 0 Å². The van der Waals surface area contributed by atoms with E-state index in [0.717, 1.165) is 43.0 Å². The molecule has 2 aromatic heterocycles. The quantitative estimate of drug-likeness (QED) is 0.706. The molecule has 1 saturated carbocycles. The second kappa shape index (κ2) is 6.67. The molecule has 3 heterocycles. The number of benzene rings is 1. The molecule has 2 fully saturated rings. The number of Topliss-reactive ketones (excluding diaryl/α,β-unsaturated/α-hetero) is 1. The van der Waals surface area contributed by atoms with E-state index in [1.807, 2.05) is 12.3 Å². The van der Waals surface area contributed by atoms with Crippen LogP contribution in [0.4, 0.5) is 10.2 Å². The maximum atomic E-state index is 13.1. The van der Waals surface area contributed by atoms with Gasteiger partial charge in [-0.1, -0.05) is 0 Å². The molecule has 1 spiro atoms. The lowest BCUT2D eigenvalue weighted by Gasteiger charge is -2.25. The van der Waals surface area contributed by atoms with Gasteiger partial charge in [0.05, 0.1) is 11.9 Å². The highest BCUT2D eigenvalue weighted by molar-refractivity contribution is 5.97. The molecule has 1 aliphatic carbocycles. The number of carbonyl (C=O) groups excluding carboxylic acids is 1. The van der Waals surface area contributed by atoms with Crippen LogP contribution in [0.5, 0.6) is 0 Å². The summed E-state index contributed by atoms with van der Waals surface area (Å²) in [4.78, 5) is 29.2. The Morgan fingerprint density at radius 1 is 1.11 bits per heavy atom. The number of ketones is 1. The molecule has 28 heavy (non-hydrogen) atoms. The molecule has 6 nitrogen and oxygen atoms in total. The Morgan fingerprint density at radius 2 is 1.93 bits per heavy atom. The topological polar surface area (TPSA) is 65.1 Å². The summed E-state index contributed by atoms with van der Waals surface area (Å²) in [7, 11) is 0. The number of fused-ring (bicyclic) bond motifs is 1. The van der Waals surface area contributed by atoms with Crippen LogP contribution in [0.1, 0.15) is 23.2 Å². The fourth-order valence-corrected chi connectivity index (χ4v) is 4.20. The van der Waals surface area contributed by atoms with Crippen LogP contribution in [0.25, 0.3) is 11.0 Å². The first-order valence-corrected chi connectivity index (χ1v) is 9.66. The van der Waals surface area contributed by atoms with Crippen molar-refractivity contribution in [1.29, 1.82) is 0 Å². The highest BCUT2D eigenvalue weighted by Crippen LogP contribution is 2.48. The number of rotatable bonds is 4. The zero-order valence-electron chi connectivity index (χ0n) is 15.6. The molecule has 3 aromatic rings. The summed E-state index contributed by atoms with van der Waals surface area (Å²) in [5.41, 5.74) is 1.65. The van der Waals surface area contributed by atoms with Gasteiger partial charge in [0, 0.05) is 43.4 Å². The standard InChI is InChI=1S/C21H22FN5O/c22-16-3-1-15(2-4-16)18(28)11-26-9-10-27(13-21(12-26)6-7-21)20-17-5-8-23-19(17)24-14-25-20/h1-5,8,14H,6-7,9-13H2,(H,23,24,25). The highest BCUT2D eigenvalue weighted by atomic mass is 19.1. The lowest BCUT2D eigenvalue weighted by Crippen LogP contribution is -2.35. The number of aromatic nitrogens is 3. The second-order valence-corrected chi connectivity index (χ2v) is 8.00. The van der Waals surface area contributed by atoms with E-state index >= 15 is 0 Å². The van der Waals surface area contributed by atoms with Crippen molar-refractivity contribution in [3.63, 3.8) is 0 Å². The molecule has 0 radical (unpaired) electrons. The minimum absolute atomic E-state index is 0.0410.